The lowest BCUT2D eigenvalue weighted by molar-refractivity contribution is 0.0635. The van der Waals surface area contributed by atoms with Gasteiger partial charge in [0, 0.05) is 18.2 Å². The monoisotopic (exact) mass is 371 g/mol. The molecule has 1 heterocycles. The van der Waals surface area contributed by atoms with E-state index >= 15 is 0 Å². The molecule has 1 aliphatic heterocycles. The topological polar surface area (TPSA) is 54.5 Å². The molecular weight excluding hydrogens is 346 g/mol. The summed E-state index contributed by atoms with van der Waals surface area (Å²) in [6, 6.07) is 14.1. The lowest BCUT2D eigenvalue weighted by atomic mass is 10.0. The first-order valence-corrected chi connectivity index (χ1v) is 10.7. The van der Waals surface area contributed by atoms with Crippen LogP contribution in [0.5, 0.6) is 0 Å². The third kappa shape index (κ3) is 4.15. The smallest absolute Gasteiger partial charge is 0.254 e. The van der Waals surface area contributed by atoms with E-state index in [4.69, 9.17) is 0 Å². The zero-order chi connectivity index (χ0) is 18.7. The van der Waals surface area contributed by atoms with Gasteiger partial charge in [-0.15, -0.1) is 0 Å². The first-order chi connectivity index (χ1) is 12.4. The minimum Gasteiger partial charge on any atom is -0.336 e. The number of amides is 1. The Kier molecular flexibility index (Phi) is 5.47. The van der Waals surface area contributed by atoms with Gasteiger partial charge in [-0.3, -0.25) is 4.79 Å². The van der Waals surface area contributed by atoms with Crippen molar-refractivity contribution in [3.63, 3.8) is 0 Å². The van der Waals surface area contributed by atoms with Gasteiger partial charge in [-0.05, 0) is 62.9 Å². The molecule has 1 aliphatic rings. The van der Waals surface area contributed by atoms with Crippen molar-refractivity contribution in [1.29, 1.82) is 0 Å². The molecular formula is C21H25NO3S. The normalized spacial score (nSPS) is 17.9. The van der Waals surface area contributed by atoms with Gasteiger partial charge in [0.05, 0.1) is 10.6 Å². The molecule has 1 saturated heterocycles. The van der Waals surface area contributed by atoms with Gasteiger partial charge in [0.1, 0.15) is 0 Å². The third-order valence-corrected chi connectivity index (χ3v) is 6.68. The summed E-state index contributed by atoms with van der Waals surface area (Å²) >= 11 is 0. The minimum absolute atomic E-state index is 0.00761. The van der Waals surface area contributed by atoms with Crippen LogP contribution in [-0.4, -0.2) is 31.8 Å². The van der Waals surface area contributed by atoms with E-state index in [2.05, 4.69) is 6.92 Å². The molecule has 0 saturated carbocycles. The van der Waals surface area contributed by atoms with Gasteiger partial charge in [0.2, 0.25) is 0 Å². The zero-order valence-corrected chi connectivity index (χ0v) is 16.1. The predicted molar refractivity (Wildman–Crippen MR) is 103 cm³/mol. The Morgan fingerprint density at radius 2 is 1.85 bits per heavy atom. The van der Waals surface area contributed by atoms with Gasteiger partial charge in [-0.1, -0.05) is 29.8 Å². The molecule has 1 amide bonds. The summed E-state index contributed by atoms with van der Waals surface area (Å²) in [5.41, 5.74) is 2.23. The van der Waals surface area contributed by atoms with Crippen LogP contribution < -0.4 is 0 Å². The van der Waals surface area contributed by atoms with Crippen LogP contribution in [0.2, 0.25) is 0 Å². The van der Waals surface area contributed by atoms with E-state index in [-0.39, 0.29) is 17.7 Å². The highest BCUT2D eigenvalue weighted by Crippen LogP contribution is 2.21. The highest BCUT2D eigenvalue weighted by Gasteiger charge is 2.24. The van der Waals surface area contributed by atoms with Gasteiger partial charge in [0.15, 0.2) is 9.84 Å². The van der Waals surface area contributed by atoms with Crippen molar-refractivity contribution in [1.82, 2.24) is 4.90 Å². The molecule has 0 unspecified atom stereocenters. The average Bonchev–Trinajstić information content (AvgIpc) is 2.62. The van der Waals surface area contributed by atoms with Crippen LogP contribution in [0.4, 0.5) is 0 Å². The maximum Gasteiger partial charge on any atom is 0.254 e. The van der Waals surface area contributed by atoms with Gasteiger partial charge < -0.3 is 4.90 Å². The molecule has 0 bridgehead atoms. The lowest BCUT2D eigenvalue weighted by Crippen LogP contribution is -2.42. The molecule has 0 N–H and O–H groups in total. The van der Waals surface area contributed by atoms with Crippen LogP contribution in [0.3, 0.4) is 0 Å². The second-order valence-corrected chi connectivity index (χ2v) is 9.11. The first kappa shape index (κ1) is 18.6. The van der Waals surface area contributed by atoms with E-state index in [1.54, 1.807) is 48.5 Å². The van der Waals surface area contributed by atoms with E-state index < -0.39 is 9.84 Å². The molecule has 0 aromatic heterocycles. The summed E-state index contributed by atoms with van der Waals surface area (Å²) in [7, 11) is -3.43. The minimum atomic E-state index is -3.43. The zero-order valence-electron chi connectivity index (χ0n) is 15.3. The molecule has 0 aliphatic carbocycles. The standard InChI is InChI=1S/C21H25NO3S/c1-16-9-11-20(12-10-16)26(24,25)15-18-7-5-8-19(14-18)21(23)22-13-4-3-6-17(22)2/h5,7-12,14,17H,3-4,6,13,15H2,1-2H3/t17-/m0/s1. The number of sulfone groups is 1. The fraction of sp³-hybridized carbons (Fsp3) is 0.381. The second kappa shape index (κ2) is 7.62. The van der Waals surface area contributed by atoms with Crippen LogP contribution in [0, 0.1) is 6.92 Å². The molecule has 1 atom stereocenters. The number of nitrogens with zero attached hydrogens (tertiary/aromatic N) is 1. The highest BCUT2D eigenvalue weighted by molar-refractivity contribution is 7.90. The Bertz CT molecular complexity index is 888. The maximum absolute atomic E-state index is 12.8. The number of hydrogen-bond acceptors (Lipinski definition) is 3. The van der Waals surface area contributed by atoms with Gasteiger partial charge in [0.25, 0.3) is 5.91 Å². The molecule has 2 aromatic rings. The molecule has 4 nitrogen and oxygen atoms in total. The summed E-state index contributed by atoms with van der Waals surface area (Å²) in [5.74, 6) is -0.112. The van der Waals surface area contributed by atoms with Crippen LogP contribution >= 0.6 is 0 Å². The Labute approximate surface area is 155 Å². The number of carbonyl (C=O) groups is 1. The van der Waals surface area contributed by atoms with Crippen molar-refractivity contribution in [3.05, 3.63) is 65.2 Å². The molecule has 138 valence electrons. The molecule has 26 heavy (non-hydrogen) atoms. The largest absolute Gasteiger partial charge is 0.336 e. The van der Waals surface area contributed by atoms with E-state index in [0.29, 0.717) is 16.0 Å². The van der Waals surface area contributed by atoms with E-state index in [0.717, 1.165) is 31.4 Å². The number of likely N-dealkylation sites (tertiary alicyclic amines) is 1. The fourth-order valence-corrected chi connectivity index (χ4v) is 4.74. The van der Waals surface area contributed by atoms with Crippen molar-refractivity contribution in [3.8, 4) is 0 Å². The van der Waals surface area contributed by atoms with E-state index in [9.17, 15) is 13.2 Å². The van der Waals surface area contributed by atoms with Crippen LogP contribution in [0.1, 0.15) is 47.7 Å². The number of benzene rings is 2. The number of aryl methyl sites for hydroxylation is 1. The molecule has 0 radical (unpaired) electrons. The van der Waals surface area contributed by atoms with Crippen molar-refractivity contribution in [2.24, 2.45) is 0 Å². The Balaban J connectivity index is 1.81. The summed E-state index contributed by atoms with van der Waals surface area (Å²) in [6.45, 7) is 4.77. The molecule has 2 aromatic carbocycles. The first-order valence-electron chi connectivity index (χ1n) is 9.06. The van der Waals surface area contributed by atoms with Gasteiger partial charge in [-0.2, -0.15) is 0 Å². The van der Waals surface area contributed by atoms with Crippen molar-refractivity contribution >= 4 is 15.7 Å². The highest BCUT2D eigenvalue weighted by atomic mass is 32.2. The van der Waals surface area contributed by atoms with Crippen LogP contribution in [-0.2, 0) is 15.6 Å². The van der Waals surface area contributed by atoms with Crippen molar-refractivity contribution in [2.45, 2.75) is 49.8 Å². The quantitative estimate of drug-likeness (QED) is 0.817. The molecule has 3 rings (SSSR count). The molecule has 1 fully saturated rings. The second-order valence-electron chi connectivity index (χ2n) is 7.12. The van der Waals surface area contributed by atoms with Crippen molar-refractivity contribution in [2.75, 3.05) is 6.54 Å². The fourth-order valence-electron chi connectivity index (χ4n) is 3.41. The Hall–Kier alpha value is -2.14. The summed E-state index contributed by atoms with van der Waals surface area (Å²) < 4.78 is 25.3. The van der Waals surface area contributed by atoms with Gasteiger partial charge >= 0.3 is 0 Å². The Morgan fingerprint density at radius 3 is 2.54 bits per heavy atom. The van der Waals surface area contributed by atoms with Crippen LogP contribution in [0.15, 0.2) is 53.4 Å². The summed E-state index contributed by atoms with van der Waals surface area (Å²) in [5, 5.41) is 0. The number of hydrogen-bond donors (Lipinski definition) is 0. The van der Waals surface area contributed by atoms with Crippen molar-refractivity contribution < 1.29 is 13.2 Å². The molecule has 0 spiro atoms. The summed E-state index contributed by atoms with van der Waals surface area (Å²) in [6.07, 6.45) is 3.20. The Morgan fingerprint density at radius 1 is 1.12 bits per heavy atom. The van der Waals surface area contributed by atoms with Crippen LogP contribution in [0.25, 0.3) is 0 Å². The predicted octanol–water partition coefficient (Wildman–Crippen LogP) is 3.98. The van der Waals surface area contributed by atoms with E-state index in [1.165, 1.54) is 0 Å². The average molecular weight is 372 g/mol. The number of carbonyl (C=O) groups excluding carboxylic acids is 1. The summed E-state index contributed by atoms with van der Waals surface area (Å²) in [4.78, 5) is 15.0. The molecule has 5 heteroatoms. The third-order valence-electron chi connectivity index (χ3n) is 4.97. The number of rotatable bonds is 4. The maximum atomic E-state index is 12.8. The van der Waals surface area contributed by atoms with Gasteiger partial charge in [-0.25, -0.2) is 8.42 Å². The van der Waals surface area contributed by atoms with E-state index in [1.807, 2.05) is 11.8 Å². The lowest BCUT2D eigenvalue weighted by Gasteiger charge is -2.33. The SMILES string of the molecule is Cc1ccc(S(=O)(=O)Cc2cccc(C(=O)N3CCCC[C@@H]3C)c2)cc1. The number of piperidine rings is 1.